The maximum Gasteiger partial charge on any atom is 0.0763 e. The second kappa shape index (κ2) is 3.62. The predicted molar refractivity (Wildman–Crippen MR) is 39.3 cm³/mol. The van der Waals surface area contributed by atoms with Crippen LogP contribution in [0.4, 0.5) is 0 Å². The van der Waals surface area contributed by atoms with Crippen molar-refractivity contribution in [2.45, 2.75) is 0 Å². The number of nitrogens with two attached hydrogens (primary N) is 1. The first kappa shape index (κ1) is 7.64. The molecule has 0 spiro atoms. The number of hydrogen-bond donors (Lipinski definition) is 2. The van der Waals surface area contributed by atoms with E-state index in [1.54, 1.807) is 0 Å². The molecule has 2 heteroatoms. The van der Waals surface area contributed by atoms with E-state index < -0.39 is 0 Å². The van der Waals surface area contributed by atoms with Crippen molar-refractivity contribution >= 4 is 0 Å². The van der Waals surface area contributed by atoms with Crippen LogP contribution < -0.4 is 11.1 Å². The van der Waals surface area contributed by atoms with Gasteiger partial charge in [0.05, 0.1) is 12.2 Å². The van der Waals surface area contributed by atoms with E-state index in [9.17, 15) is 0 Å². The Hall–Kier alpha value is -1.36. The molecule has 0 atom stereocenters. The Labute approximate surface area is 55.4 Å². The smallest absolute Gasteiger partial charge is 0.0763 e. The third kappa shape index (κ3) is 3.24. The third-order valence-electron chi connectivity index (χ3n) is 0.791. The number of hydrogen-bond acceptors (Lipinski definition) is 2. The highest BCUT2D eigenvalue weighted by Crippen LogP contribution is 1.88. The van der Waals surface area contributed by atoms with E-state index in [1.807, 2.05) is 0 Å². The van der Waals surface area contributed by atoms with Crippen molar-refractivity contribution in [3.05, 3.63) is 24.6 Å². The van der Waals surface area contributed by atoms with Gasteiger partial charge in [0.25, 0.3) is 0 Å². The molecule has 0 fully saturated rings. The van der Waals surface area contributed by atoms with Gasteiger partial charge >= 0.3 is 0 Å². The monoisotopic (exact) mass is 122 g/mol. The Bertz CT molecular complexity index is 162. The van der Waals surface area contributed by atoms with Crippen LogP contribution in [0.15, 0.2) is 24.6 Å². The summed E-state index contributed by atoms with van der Waals surface area (Å²) in [4.78, 5) is 0. The SMILES string of the molecule is C#CCNC(=C)C(=C)N. The minimum Gasteiger partial charge on any atom is -0.398 e. The summed E-state index contributed by atoms with van der Waals surface area (Å²) in [6.45, 7) is 7.46. The molecule has 0 saturated heterocycles. The van der Waals surface area contributed by atoms with E-state index in [1.165, 1.54) is 0 Å². The van der Waals surface area contributed by atoms with E-state index in [4.69, 9.17) is 12.2 Å². The zero-order valence-electron chi connectivity index (χ0n) is 5.28. The highest BCUT2D eigenvalue weighted by molar-refractivity contribution is 5.20. The van der Waals surface area contributed by atoms with E-state index in [-0.39, 0.29) is 0 Å². The van der Waals surface area contributed by atoms with Crippen LogP contribution in [0, 0.1) is 12.3 Å². The fourth-order valence-corrected chi connectivity index (χ4v) is 0.271. The van der Waals surface area contributed by atoms with Crippen LogP contribution in [0.3, 0.4) is 0 Å². The molecule has 0 radical (unpaired) electrons. The topological polar surface area (TPSA) is 38.0 Å². The molecule has 0 heterocycles. The largest absolute Gasteiger partial charge is 0.398 e. The van der Waals surface area contributed by atoms with E-state index in [2.05, 4.69) is 24.4 Å². The summed E-state index contributed by atoms with van der Waals surface area (Å²) in [7, 11) is 0. The molecule has 0 unspecified atom stereocenters. The van der Waals surface area contributed by atoms with Crippen molar-refractivity contribution in [2.24, 2.45) is 5.73 Å². The van der Waals surface area contributed by atoms with Crippen LogP contribution in [-0.2, 0) is 0 Å². The second-order valence-corrected chi connectivity index (χ2v) is 1.56. The van der Waals surface area contributed by atoms with Crippen molar-refractivity contribution < 1.29 is 0 Å². The summed E-state index contributed by atoms with van der Waals surface area (Å²) in [5.41, 5.74) is 6.26. The molecule has 0 bridgehead atoms. The van der Waals surface area contributed by atoms with Crippen molar-refractivity contribution in [1.82, 2.24) is 5.32 Å². The molecule has 0 aliphatic heterocycles. The van der Waals surface area contributed by atoms with Gasteiger partial charge in [0, 0.05) is 5.70 Å². The standard InChI is InChI=1S/C7H10N2/c1-4-5-9-7(3)6(2)8/h1,9H,2-3,5,8H2. The molecule has 0 rings (SSSR count). The van der Waals surface area contributed by atoms with Crippen molar-refractivity contribution in [1.29, 1.82) is 0 Å². The summed E-state index contributed by atoms with van der Waals surface area (Å²) in [6, 6.07) is 0. The van der Waals surface area contributed by atoms with E-state index in [0.717, 1.165) is 0 Å². The zero-order valence-corrected chi connectivity index (χ0v) is 5.28. The highest BCUT2D eigenvalue weighted by Gasteiger charge is 1.88. The van der Waals surface area contributed by atoms with Crippen LogP contribution in [0.25, 0.3) is 0 Å². The summed E-state index contributed by atoms with van der Waals surface area (Å²) >= 11 is 0. The van der Waals surface area contributed by atoms with Gasteiger partial charge in [-0.3, -0.25) is 0 Å². The molecular formula is C7H10N2. The average Bonchev–Trinajstić information content (AvgIpc) is 1.82. The van der Waals surface area contributed by atoms with Gasteiger partial charge in [-0.2, -0.15) is 0 Å². The second-order valence-electron chi connectivity index (χ2n) is 1.56. The highest BCUT2D eigenvalue weighted by atomic mass is 14.9. The molecule has 0 aliphatic carbocycles. The van der Waals surface area contributed by atoms with Gasteiger partial charge in [0.1, 0.15) is 0 Å². The lowest BCUT2D eigenvalue weighted by Gasteiger charge is -2.03. The summed E-state index contributed by atoms with van der Waals surface area (Å²) in [5, 5.41) is 2.78. The van der Waals surface area contributed by atoms with Gasteiger partial charge < -0.3 is 11.1 Å². The van der Waals surface area contributed by atoms with Crippen molar-refractivity contribution in [3.63, 3.8) is 0 Å². The Morgan fingerprint density at radius 1 is 1.67 bits per heavy atom. The Kier molecular flexibility index (Phi) is 3.07. The molecular weight excluding hydrogens is 112 g/mol. The quantitative estimate of drug-likeness (QED) is 0.414. The Morgan fingerprint density at radius 3 is 2.56 bits per heavy atom. The van der Waals surface area contributed by atoms with Gasteiger partial charge in [-0.25, -0.2) is 0 Å². The lowest BCUT2D eigenvalue weighted by molar-refractivity contribution is 0.931. The van der Waals surface area contributed by atoms with Gasteiger partial charge in [0.15, 0.2) is 0 Å². The Morgan fingerprint density at radius 2 is 2.22 bits per heavy atom. The number of rotatable bonds is 3. The molecule has 0 saturated carbocycles. The van der Waals surface area contributed by atoms with Crippen LogP contribution in [0.5, 0.6) is 0 Å². The molecule has 48 valence electrons. The third-order valence-corrected chi connectivity index (χ3v) is 0.791. The minimum atomic E-state index is 0.422. The van der Waals surface area contributed by atoms with Crippen LogP contribution in [0.1, 0.15) is 0 Å². The molecule has 0 aromatic carbocycles. The maximum absolute atomic E-state index is 5.25. The summed E-state index contributed by atoms with van der Waals surface area (Å²) in [5.74, 6) is 2.38. The Balaban J connectivity index is 3.55. The van der Waals surface area contributed by atoms with Crippen LogP contribution >= 0.6 is 0 Å². The van der Waals surface area contributed by atoms with Gasteiger partial charge in [-0.15, -0.1) is 6.42 Å². The first-order valence-corrected chi connectivity index (χ1v) is 2.49. The summed E-state index contributed by atoms with van der Waals surface area (Å²) in [6.07, 6.45) is 4.95. The van der Waals surface area contributed by atoms with E-state index in [0.29, 0.717) is 17.9 Å². The van der Waals surface area contributed by atoms with Gasteiger partial charge in [-0.05, 0) is 0 Å². The molecule has 2 nitrogen and oxygen atoms in total. The average molecular weight is 122 g/mol. The lowest BCUT2D eigenvalue weighted by Crippen LogP contribution is -2.16. The van der Waals surface area contributed by atoms with Gasteiger partial charge in [-0.1, -0.05) is 19.1 Å². The molecule has 0 aliphatic rings. The van der Waals surface area contributed by atoms with E-state index >= 15 is 0 Å². The van der Waals surface area contributed by atoms with Gasteiger partial charge in [0.2, 0.25) is 0 Å². The van der Waals surface area contributed by atoms with Crippen molar-refractivity contribution in [2.75, 3.05) is 6.54 Å². The number of terminal acetylenes is 1. The molecule has 0 aromatic heterocycles. The summed E-state index contributed by atoms with van der Waals surface area (Å²) < 4.78 is 0. The minimum absolute atomic E-state index is 0.422. The number of nitrogens with one attached hydrogen (secondary N) is 1. The molecule has 0 aromatic rings. The first-order chi connectivity index (χ1) is 4.18. The normalized spacial score (nSPS) is 7.44. The fraction of sp³-hybridized carbons (Fsp3) is 0.143. The first-order valence-electron chi connectivity index (χ1n) is 2.49. The molecule has 9 heavy (non-hydrogen) atoms. The lowest BCUT2D eigenvalue weighted by atomic mass is 10.4. The molecule has 3 N–H and O–H groups in total. The molecule has 0 amide bonds. The van der Waals surface area contributed by atoms with Crippen LogP contribution in [0.2, 0.25) is 0 Å². The predicted octanol–water partition coefficient (Wildman–Crippen LogP) is 0.195. The van der Waals surface area contributed by atoms with Crippen LogP contribution in [-0.4, -0.2) is 6.54 Å². The fourth-order valence-electron chi connectivity index (χ4n) is 0.271. The van der Waals surface area contributed by atoms with Crippen molar-refractivity contribution in [3.8, 4) is 12.3 Å². The zero-order chi connectivity index (χ0) is 7.28. The maximum atomic E-state index is 5.25.